The van der Waals surface area contributed by atoms with E-state index in [-0.39, 0.29) is 34.9 Å². The summed E-state index contributed by atoms with van der Waals surface area (Å²) in [7, 11) is 0. The largest absolute Gasteiger partial charge is 0.364 e. The van der Waals surface area contributed by atoms with Crippen molar-refractivity contribution in [3.05, 3.63) is 53.4 Å². The summed E-state index contributed by atoms with van der Waals surface area (Å²) in [6.07, 6.45) is 4.81. The molecule has 2 fully saturated rings. The Balaban J connectivity index is 1.26. The lowest BCUT2D eigenvalue weighted by Crippen LogP contribution is -2.33. The van der Waals surface area contributed by atoms with Gasteiger partial charge in [0, 0.05) is 43.4 Å². The molecule has 1 saturated carbocycles. The van der Waals surface area contributed by atoms with Crippen molar-refractivity contribution in [3.63, 3.8) is 0 Å². The molecule has 3 heterocycles. The van der Waals surface area contributed by atoms with Crippen LogP contribution in [0.2, 0.25) is 0 Å². The highest BCUT2D eigenvalue weighted by Crippen LogP contribution is 2.44. The van der Waals surface area contributed by atoms with Crippen molar-refractivity contribution in [2.24, 2.45) is 28.6 Å². The molecule has 2 aromatic rings. The summed E-state index contributed by atoms with van der Waals surface area (Å²) in [6, 6.07) is 4.13. The molecule has 0 radical (unpaired) electrons. The predicted molar refractivity (Wildman–Crippen MR) is 112 cm³/mol. The van der Waals surface area contributed by atoms with Gasteiger partial charge in [-0.15, -0.1) is 0 Å². The molecule has 1 aliphatic carbocycles. The quantitative estimate of drug-likeness (QED) is 0.785. The van der Waals surface area contributed by atoms with E-state index in [0.29, 0.717) is 38.3 Å². The molecule has 3 aliphatic rings. The Kier molecular flexibility index (Phi) is 5.07. The number of primary amides is 1. The minimum absolute atomic E-state index is 0.145. The van der Waals surface area contributed by atoms with E-state index in [1.54, 1.807) is 6.21 Å². The van der Waals surface area contributed by atoms with E-state index < -0.39 is 23.6 Å². The second kappa shape index (κ2) is 7.92. The van der Waals surface area contributed by atoms with Gasteiger partial charge in [-0.05, 0) is 48.9 Å². The molecule has 2 N–H and O–H groups in total. The van der Waals surface area contributed by atoms with Crippen molar-refractivity contribution in [2.75, 3.05) is 18.0 Å². The van der Waals surface area contributed by atoms with E-state index in [0.717, 1.165) is 18.2 Å². The molecule has 2 amide bonds. The molecule has 2 aliphatic heterocycles. The van der Waals surface area contributed by atoms with Crippen LogP contribution in [0.5, 0.6) is 0 Å². The number of fused-ring (bicyclic) bond motifs is 1. The maximum Gasteiger partial charge on any atom is 0.267 e. The molecule has 0 spiro atoms. The Hall–Kier alpha value is -3.43. The molecule has 166 valence electrons. The Morgan fingerprint density at radius 2 is 1.84 bits per heavy atom. The van der Waals surface area contributed by atoms with Crippen LogP contribution in [0, 0.1) is 29.4 Å². The zero-order chi connectivity index (χ0) is 22.4. The van der Waals surface area contributed by atoms with Gasteiger partial charge in [-0.3, -0.25) is 9.59 Å². The molecule has 5 rings (SSSR count). The monoisotopic (exact) mass is 440 g/mol. The molecule has 4 atom stereocenters. The fourth-order valence-corrected chi connectivity index (χ4v) is 5.14. The molecular formula is C22H22F2N6O2. The number of rotatable bonds is 4. The predicted octanol–water partition coefficient (Wildman–Crippen LogP) is 2.28. The van der Waals surface area contributed by atoms with Crippen molar-refractivity contribution in [1.82, 2.24) is 15.0 Å². The van der Waals surface area contributed by atoms with Crippen molar-refractivity contribution in [1.29, 1.82) is 0 Å². The summed E-state index contributed by atoms with van der Waals surface area (Å²) in [5, 5.41) is 5.51. The second-order valence-electron chi connectivity index (χ2n) is 8.60. The Bertz CT molecular complexity index is 1100. The minimum atomic E-state index is -0.625. The van der Waals surface area contributed by atoms with E-state index in [9.17, 15) is 18.4 Å². The molecule has 8 nitrogen and oxygen atoms in total. The number of halogens is 2. The zero-order valence-electron chi connectivity index (χ0n) is 17.2. The number of aromatic nitrogens is 2. The number of amides is 2. The van der Waals surface area contributed by atoms with E-state index in [1.807, 2.05) is 4.90 Å². The van der Waals surface area contributed by atoms with Gasteiger partial charge in [0.25, 0.3) is 5.91 Å². The standard InChI is InChI=1S/C22H22F2N6O2/c23-15-1-2-17(24)16(9-15)19-4-6-27-30(19)21(32)12-7-13-10-29(11-14(13)8-12)22-26-5-3-18(28-22)20(25)31/h1-3,5-6,9,12-14,19H,4,7-8,10-11H2,(H2,25,31)/t12-,13-,14+,19-/m1/s1. The SMILES string of the molecule is NC(=O)c1ccnc(N2C[C@H]3C[C@@H](C(=O)N4N=CC[C@@H]4c4cc(F)ccc4F)C[C@H]3C2)n1. The maximum atomic E-state index is 14.3. The van der Waals surface area contributed by atoms with E-state index in [4.69, 9.17) is 5.73 Å². The van der Waals surface area contributed by atoms with Crippen LogP contribution in [0.1, 0.15) is 41.4 Å². The highest BCUT2D eigenvalue weighted by atomic mass is 19.1. The van der Waals surface area contributed by atoms with Crippen molar-refractivity contribution in [2.45, 2.75) is 25.3 Å². The molecule has 0 unspecified atom stereocenters. The number of benzene rings is 1. The highest BCUT2D eigenvalue weighted by Gasteiger charge is 2.46. The third-order valence-electron chi connectivity index (χ3n) is 6.65. The third kappa shape index (κ3) is 3.59. The van der Waals surface area contributed by atoms with Crippen LogP contribution in [0.15, 0.2) is 35.6 Å². The highest BCUT2D eigenvalue weighted by molar-refractivity contribution is 5.90. The van der Waals surface area contributed by atoms with Crippen LogP contribution < -0.4 is 10.6 Å². The van der Waals surface area contributed by atoms with Gasteiger partial charge in [-0.2, -0.15) is 5.10 Å². The van der Waals surface area contributed by atoms with Crippen molar-refractivity contribution in [3.8, 4) is 0 Å². The smallest absolute Gasteiger partial charge is 0.267 e. The van der Waals surface area contributed by atoms with Gasteiger partial charge in [-0.25, -0.2) is 23.8 Å². The molecule has 1 aromatic heterocycles. The van der Waals surface area contributed by atoms with Crippen LogP contribution in [-0.2, 0) is 4.79 Å². The van der Waals surface area contributed by atoms with Crippen LogP contribution in [0.4, 0.5) is 14.7 Å². The number of nitrogens with zero attached hydrogens (tertiary/aromatic N) is 5. The zero-order valence-corrected chi connectivity index (χ0v) is 17.2. The van der Waals surface area contributed by atoms with Crippen LogP contribution in [0.3, 0.4) is 0 Å². The number of carbonyl (C=O) groups is 2. The first-order chi connectivity index (χ1) is 15.4. The number of hydrogen-bond donors (Lipinski definition) is 1. The topological polar surface area (TPSA) is 105 Å². The Labute approximate surface area is 183 Å². The number of carbonyl (C=O) groups excluding carboxylic acids is 2. The average Bonchev–Trinajstić information content (AvgIpc) is 3.50. The number of nitrogens with two attached hydrogens (primary N) is 1. The molecule has 32 heavy (non-hydrogen) atoms. The summed E-state index contributed by atoms with van der Waals surface area (Å²) in [5.41, 5.74) is 5.62. The lowest BCUT2D eigenvalue weighted by Gasteiger charge is -2.26. The Morgan fingerprint density at radius 3 is 2.56 bits per heavy atom. The normalized spacial score (nSPS) is 26.6. The molecule has 10 heteroatoms. The summed E-state index contributed by atoms with van der Waals surface area (Å²) in [5.74, 6) is -1.05. The van der Waals surface area contributed by atoms with E-state index >= 15 is 0 Å². The van der Waals surface area contributed by atoms with Crippen LogP contribution in [-0.4, -0.2) is 46.1 Å². The number of hydrazone groups is 1. The fourth-order valence-electron chi connectivity index (χ4n) is 5.14. The summed E-state index contributed by atoms with van der Waals surface area (Å²) in [4.78, 5) is 35.1. The van der Waals surface area contributed by atoms with Gasteiger partial charge in [0.05, 0.1) is 6.04 Å². The lowest BCUT2D eigenvalue weighted by molar-refractivity contribution is -0.137. The third-order valence-corrected chi connectivity index (χ3v) is 6.65. The lowest BCUT2D eigenvalue weighted by atomic mass is 10.00. The maximum absolute atomic E-state index is 14.3. The first kappa shape index (κ1) is 20.5. The average molecular weight is 440 g/mol. The molecule has 1 saturated heterocycles. The first-order valence-electron chi connectivity index (χ1n) is 10.6. The van der Waals surface area contributed by atoms with Gasteiger partial charge in [0.2, 0.25) is 11.9 Å². The summed E-state index contributed by atoms with van der Waals surface area (Å²) >= 11 is 0. The van der Waals surface area contributed by atoms with E-state index in [1.165, 1.54) is 17.3 Å². The molecule has 0 bridgehead atoms. The van der Waals surface area contributed by atoms with Crippen molar-refractivity contribution < 1.29 is 18.4 Å². The Morgan fingerprint density at radius 1 is 1.09 bits per heavy atom. The van der Waals surface area contributed by atoms with Gasteiger partial charge < -0.3 is 10.6 Å². The summed E-state index contributed by atoms with van der Waals surface area (Å²) < 4.78 is 28.0. The van der Waals surface area contributed by atoms with E-state index in [2.05, 4.69) is 15.1 Å². The number of anilines is 1. The molecular weight excluding hydrogens is 418 g/mol. The van der Waals surface area contributed by atoms with Gasteiger partial charge in [0.15, 0.2) is 0 Å². The van der Waals surface area contributed by atoms with Gasteiger partial charge in [-0.1, -0.05) is 0 Å². The summed E-state index contributed by atoms with van der Waals surface area (Å²) in [6.45, 7) is 1.36. The van der Waals surface area contributed by atoms with Gasteiger partial charge >= 0.3 is 0 Å². The second-order valence-corrected chi connectivity index (χ2v) is 8.60. The van der Waals surface area contributed by atoms with Crippen LogP contribution >= 0.6 is 0 Å². The van der Waals surface area contributed by atoms with Crippen LogP contribution in [0.25, 0.3) is 0 Å². The number of hydrogen-bond acceptors (Lipinski definition) is 6. The first-order valence-corrected chi connectivity index (χ1v) is 10.6. The fraction of sp³-hybridized carbons (Fsp3) is 0.409. The van der Waals surface area contributed by atoms with Gasteiger partial charge in [0.1, 0.15) is 17.3 Å². The van der Waals surface area contributed by atoms with Crippen molar-refractivity contribution >= 4 is 24.0 Å². The molecule has 1 aromatic carbocycles. The minimum Gasteiger partial charge on any atom is -0.364 e.